The molecule has 4 nitrogen and oxygen atoms in total. The summed E-state index contributed by atoms with van der Waals surface area (Å²) in [5, 5.41) is 1.51. The molecule has 1 N–H and O–H groups in total. The fourth-order valence-electron chi connectivity index (χ4n) is 1.55. The van der Waals surface area contributed by atoms with E-state index in [1.807, 2.05) is 5.32 Å². The van der Waals surface area contributed by atoms with Gasteiger partial charge in [0.1, 0.15) is 6.54 Å². The van der Waals surface area contributed by atoms with Crippen LogP contribution >= 0.6 is 11.6 Å². The number of carbonyl (C=O) groups is 2. The van der Waals surface area contributed by atoms with Gasteiger partial charge in [-0.05, 0) is 18.2 Å². The molecule has 1 heterocycles. The lowest BCUT2D eigenvalue weighted by molar-refractivity contribution is -0.137. The topological polar surface area (TPSA) is 49.4 Å². The van der Waals surface area contributed by atoms with Crippen LogP contribution in [-0.2, 0) is 11.0 Å². The summed E-state index contributed by atoms with van der Waals surface area (Å²) in [6.45, 7) is -0.308. The number of alkyl halides is 3. The third-order valence-electron chi connectivity index (χ3n) is 2.36. The molecule has 1 aromatic rings. The molecule has 1 saturated heterocycles. The minimum Gasteiger partial charge on any atom is -0.285 e. The lowest BCUT2D eigenvalue weighted by atomic mass is 10.2. The second kappa shape index (κ2) is 4.16. The van der Waals surface area contributed by atoms with E-state index in [0.717, 1.165) is 17.0 Å². The first kappa shape index (κ1) is 12.7. The maximum atomic E-state index is 12.6. The van der Waals surface area contributed by atoms with Crippen molar-refractivity contribution in [3.05, 3.63) is 28.8 Å². The molecule has 3 amide bonds. The predicted molar refractivity (Wildman–Crippen MR) is 57.3 cm³/mol. The van der Waals surface area contributed by atoms with Crippen molar-refractivity contribution in [3.63, 3.8) is 0 Å². The van der Waals surface area contributed by atoms with Gasteiger partial charge in [-0.3, -0.25) is 15.0 Å². The number of halogens is 4. The van der Waals surface area contributed by atoms with E-state index in [4.69, 9.17) is 11.6 Å². The van der Waals surface area contributed by atoms with E-state index >= 15 is 0 Å². The molecule has 1 fully saturated rings. The van der Waals surface area contributed by atoms with E-state index < -0.39 is 28.7 Å². The number of carbonyl (C=O) groups excluding carboxylic acids is 2. The highest BCUT2D eigenvalue weighted by molar-refractivity contribution is 6.31. The van der Waals surface area contributed by atoms with E-state index in [2.05, 4.69) is 0 Å². The van der Waals surface area contributed by atoms with Crippen molar-refractivity contribution in [2.24, 2.45) is 0 Å². The zero-order valence-corrected chi connectivity index (χ0v) is 9.47. The van der Waals surface area contributed by atoms with Crippen LogP contribution in [0.15, 0.2) is 18.2 Å². The largest absolute Gasteiger partial charge is 0.417 e. The minimum absolute atomic E-state index is 0.0323. The summed E-state index contributed by atoms with van der Waals surface area (Å²) in [6.07, 6.45) is -4.62. The van der Waals surface area contributed by atoms with Gasteiger partial charge in [0.05, 0.1) is 10.6 Å². The average Bonchev–Trinajstić information content (AvgIpc) is 2.57. The summed E-state index contributed by atoms with van der Waals surface area (Å²) in [5.41, 5.74) is -1.08. The van der Waals surface area contributed by atoms with Gasteiger partial charge >= 0.3 is 12.2 Å². The van der Waals surface area contributed by atoms with Crippen molar-refractivity contribution in [2.45, 2.75) is 6.18 Å². The van der Waals surface area contributed by atoms with Crippen LogP contribution in [0.5, 0.6) is 0 Å². The van der Waals surface area contributed by atoms with Crippen LogP contribution in [0.1, 0.15) is 5.56 Å². The number of urea groups is 1. The third kappa shape index (κ3) is 2.26. The molecule has 0 unspecified atom stereocenters. The smallest absolute Gasteiger partial charge is 0.285 e. The molecular weight excluding hydrogens is 273 g/mol. The van der Waals surface area contributed by atoms with Crippen molar-refractivity contribution >= 4 is 29.2 Å². The zero-order valence-electron chi connectivity index (χ0n) is 8.71. The highest BCUT2D eigenvalue weighted by Crippen LogP contribution is 2.37. The van der Waals surface area contributed by atoms with Crippen LogP contribution in [0.4, 0.5) is 23.7 Å². The number of anilines is 1. The summed E-state index contributed by atoms with van der Waals surface area (Å²) in [6, 6.07) is 2.27. The Morgan fingerprint density at radius 1 is 1.28 bits per heavy atom. The van der Waals surface area contributed by atoms with Crippen LogP contribution < -0.4 is 10.2 Å². The number of rotatable bonds is 1. The molecule has 1 aliphatic heterocycles. The molecule has 0 atom stereocenters. The maximum Gasteiger partial charge on any atom is 0.417 e. The highest BCUT2D eigenvalue weighted by Gasteiger charge is 2.35. The number of amides is 3. The summed E-state index contributed by atoms with van der Waals surface area (Å²) in [5.74, 6) is -0.566. The van der Waals surface area contributed by atoms with Gasteiger partial charge in [0.15, 0.2) is 0 Å². The van der Waals surface area contributed by atoms with Gasteiger partial charge in [-0.25, -0.2) is 4.79 Å². The van der Waals surface area contributed by atoms with Crippen molar-refractivity contribution in [1.29, 1.82) is 0 Å². The van der Waals surface area contributed by atoms with E-state index in [9.17, 15) is 22.8 Å². The molecule has 0 spiro atoms. The Bertz CT molecular complexity index is 530. The molecule has 0 aromatic heterocycles. The van der Waals surface area contributed by atoms with Crippen molar-refractivity contribution in [1.82, 2.24) is 5.32 Å². The average molecular weight is 279 g/mol. The number of nitrogens with one attached hydrogen (secondary N) is 1. The van der Waals surface area contributed by atoms with Crippen LogP contribution in [0.2, 0.25) is 5.02 Å². The fraction of sp³-hybridized carbons (Fsp3) is 0.200. The van der Waals surface area contributed by atoms with Gasteiger partial charge in [0.25, 0.3) is 0 Å². The van der Waals surface area contributed by atoms with Gasteiger partial charge in [-0.1, -0.05) is 11.6 Å². The zero-order chi connectivity index (χ0) is 13.5. The second-order valence-electron chi connectivity index (χ2n) is 3.60. The van der Waals surface area contributed by atoms with Gasteiger partial charge in [-0.15, -0.1) is 0 Å². The van der Waals surface area contributed by atoms with E-state index in [1.54, 1.807) is 0 Å². The lowest BCUT2D eigenvalue weighted by Crippen LogP contribution is -2.28. The Morgan fingerprint density at radius 2 is 1.94 bits per heavy atom. The first-order valence-corrected chi connectivity index (χ1v) is 5.15. The number of imide groups is 1. The molecule has 18 heavy (non-hydrogen) atoms. The van der Waals surface area contributed by atoms with Crippen molar-refractivity contribution in [3.8, 4) is 0 Å². The summed E-state index contributed by atoms with van der Waals surface area (Å²) >= 11 is 5.45. The number of hydrogen-bond acceptors (Lipinski definition) is 2. The number of nitrogens with zero attached hydrogens (tertiary/aromatic N) is 1. The Morgan fingerprint density at radius 3 is 2.44 bits per heavy atom. The molecule has 0 saturated carbocycles. The second-order valence-corrected chi connectivity index (χ2v) is 4.01. The van der Waals surface area contributed by atoms with Crippen molar-refractivity contribution in [2.75, 3.05) is 11.4 Å². The van der Waals surface area contributed by atoms with E-state index in [0.29, 0.717) is 0 Å². The van der Waals surface area contributed by atoms with Crippen LogP contribution in [-0.4, -0.2) is 18.5 Å². The van der Waals surface area contributed by atoms with Gasteiger partial charge < -0.3 is 0 Å². The molecule has 1 aromatic carbocycles. The molecule has 0 aliphatic carbocycles. The van der Waals surface area contributed by atoms with Gasteiger partial charge in [0.2, 0.25) is 5.91 Å². The standard InChI is InChI=1S/C10H6ClF3N2O2/c11-7-2-1-5(3-6(7)10(12,13)14)16-4-8(17)15-9(16)18/h1-3H,4H2,(H,15,17,18). The van der Waals surface area contributed by atoms with E-state index in [1.165, 1.54) is 6.07 Å². The fourth-order valence-corrected chi connectivity index (χ4v) is 1.77. The molecular formula is C10H6ClF3N2O2. The summed E-state index contributed by atoms with van der Waals surface area (Å²) in [4.78, 5) is 23.2. The molecule has 0 radical (unpaired) electrons. The Hall–Kier alpha value is -1.76. The Kier molecular flexibility index (Phi) is 2.94. The predicted octanol–water partition coefficient (Wildman–Crippen LogP) is 2.42. The Balaban J connectivity index is 2.42. The van der Waals surface area contributed by atoms with Crippen LogP contribution in [0, 0.1) is 0 Å². The van der Waals surface area contributed by atoms with Crippen molar-refractivity contribution < 1.29 is 22.8 Å². The molecule has 8 heteroatoms. The normalized spacial score (nSPS) is 16.1. The van der Waals surface area contributed by atoms with Gasteiger partial charge in [0, 0.05) is 5.69 Å². The van der Waals surface area contributed by atoms with Crippen LogP contribution in [0.3, 0.4) is 0 Å². The SMILES string of the molecule is O=C1CN(c2ccc(Cl)c(C(F)(F)F)c2)C(=O)N1. The maximum absolute atomic E-state index is 12.6. The molecule has 96 valence electrons. The first-order chi connectivity index (χ1) is 8.29. The Labute approximate surface area is 104 Å². The monoisotopic (exact) mass is 278 g/mol. The summed E-state index contributed by atoms with van der Waals surface area (Å²) < 4.78 is 37.9. The number of hydrogen-bond donors (Lipinski definition) is 1. The first-order valence-electron chi connectivity index (χ1n) is 4.77. The summed E-state index contributed by atoms with van der Waals surface area (Å²) in [7, 11) is 0. The minimum atomic E-state index is -4.62. The quantitative estimate of drug-likeness (QED) is 0.802. The van der Waals surface area contributed by atoms with Gasteiger partial charge in [-0.2, -0.15) is 13.2 Å². The molecule has 1 aliphatic rings. The van der Waals surface area contributed by atoms with Crippen LogP contribution in [0.25, 0.3) is 0 Å². The highest BCUT2D eigenvalue weighted by atomic mass is 35.5. The third-order valence-corrected chi connectivity index (χ3v) is 2.69. The number of benzene rings is 1. The molecule has 0 bridgehead atoms. The molecule has 2 rings (SSSR count). The lowest BCUT2D eigenvalue weighted by Gasteiger charge is -2.16. The van der Waals surface area contributed by atoms with E-state index in [-0.39, 0.29) is 12.2 Å².